The molecule has 2 N–H and O–H groups in total. The molecule has 0 bridgehead atoms. The van der Waals surface area contributed by atoms with Crippen molar-refractivity contribution in [3.8, 4) is 0 Å². The first-order chi connectivity index (χ1) is 11.8. The number of likely N-dealkylation sites (tertiary alicyclic amines) is 1. The van der Waals surface area contributed by atoms with Gasteiger partial charge in [0, 0.05) is 24.2 Å². The zero-order valence-corrected chi connectivity index (χ0v) is 14.8. The number of sulfonamides is 1. The molecule has 3 rings (SSSR count). The van der Waals surface area contributed by atoms with Crippen LogP contribution >= 0.6 is 0 Å². The van der Waals surface area contributed by atoms with Gasteiger partial charge in [0.15, 0.2) is 0 Å². The maximum atomic E-state index is 12.7. The number of piperidine rings is 1. The number of rotatable bonds is 5. The topological polar surface area (TPSA) is 104 Å². The molecule has 0 spiro atoms. The molecular weight excluding hydrogens is 344 g/mol. The Morgan fingerprint density at radius 1 is 1.16 bits per heavy atom. The molecular formula is C17H22N2O5S. The number of nitrogens with zero attached hydrogens (tertiary/aromatic N) is 1. The summed E-state index contributed by atoms with van der Waals surface area (Å²) in [7, 11) is -3.55. The van der Waals surface area contributed by atoms with Crippen molar-refractivity contribution in [3.05, 3.63) is 29.8 Å². The molecule has 136 valence electrons. The highest BCUT2D eigenvalue weighted by Gasteiger charge is 2.35. The van der Waals surface area contributed by atoms with Crippen molar-refractivity contribution in [2.45, 2.75) is 49.6 Å². The Kier molecular flexibility index (Phi) is 4.83. The van der Waals surface area contributed by atoms with Gasteiger partial charge >= 0.3 is 5.97 Å². The van der Waals surface area contributed by atoms with E-state index in [2.05, 4.69) is 4.72 Å². The summed E-state index contributed by atoms with van der Waals surface area (Å²) in [6, 6.07) is 5.44. The number of aliphatic carboxylic acids is 1. The molecule has 1 aliphatic heterocycles. The molecule has 2 aliphatic rings. The number of hydrogen-bond donors (Lipinski definition) is 2. The van der Waals surface area contributed by atoms with E-state index >= 15 is 0 Å². The number of amides is 1. The van der Waals surface area contributed by atoms with Crippen molar-refractivity contribution >= 4 is 21.9 Å². The highest BCUT2D eigenvalue weighted by molar-refractivity contribution is 7.89. The van der Waals surface area contributed by atoms with Gasteiger partial charge in [-0.3, -0.25) is 9.59 Å². The van der Waals surface area contributed by atoms with Crippen LogP contribution in [0.15, 0.2) is 29.2 Å². The lowest BCUT2D eigenvalue weighted by Gasteiger charge is -2.37. The van der Waals surface area contributed by atoms with Gasteiger partial charge in [-0.25, -0.2) is 13.1 Å². The Morgan fingerprint density at radius 3 is 2.36 bits per heavy atom. The van der Waals surface area contributed by atoms with Crippen molar-refractivity contribution in [2.24, 2.45) is 5.92 Å². The molecule has 1 heterocycles. The summed E-state index contributed by atoms with van der Waals surface area (Å²) in [5.74, 6) is -1.73. The maximum absolute atomic E-state index is 12.7. The lowest BCUT2D eigenvalue weighted by molar-refractivity contribution is -0.144. The summed E-state index contributed by atoms with van der Waals surface area (Å²) < 4.78 is 26.9. The van der Waals surface area contributed by atoms with E-state index in [-0.39, 0.29) is 16.8 Å². The summed E-state index contributed by atoms with van der Waals surface area (Å²) in [4.78, 5) is 25.7. The number of benzene rings is 1. The Labute approximate surface area is 147 Å². The molecule has 7 nitrogen and oxygen atoms in total. The van der Waals surface area contributed by atoms with E-state index < -0.39 is 28.0 Å². The number of carbonyl (C=O) groups is 2. The fourth-order valence-electron chi connectivity index (χ4n) is 3.19. The van der Waals surface area contributed by atoms with E-state index in [0.717, 1.165) is 12.8 Å². The number of carboxylic acids is 1. The third-order valence-corrected chi connectivity index (χ3v) is 6.41. The van der Waals surface area contributed by atoms with Crippen LogP contribution in [0.2, 0.25) is 0 Å². The summed E-state index contributed by atoms with van der Waals surface area (Å²) in [5, 5.41) is 9.27. The first-order valence-electron chi connectivity index (χ1n) is 8.46. The predicted molar refractivity (Wildman–Crippen MR) is 90.6 cm³/mol. The van der Waals surface area contributed by atoms with E-state index in [9.17, 15) is 23.1 Å². The van der Waals surface area contributed by atoms with Crippen LogP contribution in [0.5, 0.6) is 0 Å². The zero-order valence-electron chi connectivity index (χ0n) is 14.0. The molecule has 0 unspecified atom stereocenters. The average molecular weight is 366 g/mol. The molecule has 2 atom stereocenters. The van der Waals surface area contributed by atoms with Crippen molar-refractivity contribution in [1.29, 1.82) is 0 Å². The Morgan fingerprint density at radius 2 is 1.80 bits per heavy atom. The molecule has 8 heteroatoms. The fourth-order valence-corrected chi connectivity index (χ4v) is 4.50. The van der Waals surface area contributed by atoms with Gasteiger partial charge in [-0.15, -0.1) is 0 Å². The van der Waals surface area contributed by atoms with Crippen molar-refractivity contribution in [1.82, 2.24) is 9.62 Å². The van der Waals surface area contributed by atoms with Gasteiger partial charge in [-0.2, -0.15) is 0 Å². The minimum Gasteiger partial charge on any atom is -0.481 e. The van der Waals surface area contributed by atoms with Crippen LogP contribution in [-0.2, 0) is 14.8 Å². The number of carbonyl (C=O) groups excluding carboxylic acids is 1. The Bertz CT molecular complexity index is 771. The fraction of sp³-hybridized carbons (Fsp3) is 0.529. The van der Waals surface area contributed by atoms with Gasteiger partial charge in [0.2, 0.25) is 10.0 Å². The molecule has 1 saturated carbocycles. The van der Waals surface area contributed by atoms with E-state index in [0.29, 0.717) is 24.9 Å². The summed E-state index contributed by atoms with van der Waals surface area (Å²) in [6.45, 7) is 2.25. The maximum Gasteiger partial charge on any atom is 0.308 e. The molecule has 1 aliphatic carbocycles. The largest absolute Gasteiger partial charge is 0.481 e. The average Bonchev–Trinajstić information content (AvgIpc) is 3.37. The lowest BCUT2D eigenvalue weighted by Crippen LogP contribution is -2.49. The normalized spacial score (nSPS) is 24.1. The van der Waals surface area contributed by atoms with Gasteiger partial charge in [0.25, 0.3) is 5.91 Å². The zero-order chi connectivity index (χ0) is 18.2. The quantitative estimate of drug-likeness (QED) is 0.821. The third-order valence-electron chi connectivity index (χ3n) is 4.88. The van der Waals surface area contributed by atoms with Crippen LogP contribution in [0.3, 0.4) is 0 Å². The second kappa shape index (κ2) is 6.76. The molecule has 25 heavy (non-hydrogen) atoms. The highest BCUT2D eigenvalue weighted by Crippen LogP contribution is 2.26. The first-order valence-corrected chi connectivity index (χ1v) is 9.94. The monoisotopic (exact) mass is 366 g/mol. The van der Waals surface area contributed by atoms with Gasteiger partial charge < -0.3 is 10.0 Å². The van der Waals surface area contributed by atoms with Crippen LogP contribution in [0.1, 0.15) is 43.0 Å². The lowest BCUT2D eigenvalue weighted by atomic mass is 9.90. The SMILES string of the molecule is C[C@@H]1[C@H](C(=O)O)CCCN1C(=O)c1ccc(S(=O)(=O)NC2CC2)cc1. The minimum atomic E-state index is -3.55. The molecule has 1 amide bonds. The van der Waals surface area contributed by atoms with Crippen LogP contribution in [-0.4, -0.2) is 48.9 Å². The van der Waals surface area contributed by atoms with E-state index in [1.165, 1.54) is 24.3 Å². The van der Waals surface area contributed by atoms with Crippen molar-refractivity contribution < 1.29 is 23.1 Å². The number of carboxylic acid groups (broad SMARTS) is 1. The van der Waals surface area contributed by atoms with Crippen LogP contribution in [0, 0.1) is 5.92 Å². The second-order valence-electron chi connectivity index (χ2n) is 6.75. The number of nitrogens with one attached hydrogen (secondary N) is 1. The van der Waals surface area contributed by atoms with Crippen LogP contribution < -0.4 is 4.72 Å². The molecule has 1 aromatic rings. The number of hydrogen-bond acceptors (Lipinski definition) is 4. The summed E-state index contributed by atoms with van der Waals surface area (Å²) in [6.07, 6.45) is 2.91. The summed E-state index contributed by atoms with van der Waals surface area (Å²) >= 11 is 0. The van der Waals surface area contributed by atoms with Gasteiger partial charge in [-0.1, -0.05) is 0 Å². The van der Waals surface area contributed by atoms with Crippen LogP contribution in [0.25, 0.3) is 0 Å². The van der Waals surface area contributed by atoms with Gasteiger partial charge in [-0.05, 0) is 56.9 Å². The van der Waals surface area contributed by atoms with Crippen molar-refractivity contribution in [2.75, 3.05) is 6.54 Å². The standard InChI is InChI=1S/C17H22N2O5S/c1-11-15(17(21)22)3-2-10-19(11)16(20)12-4-8-14(9-5-12)25(23,24)18-13-6-7-13/h4-5,8-9,11,13,15,18H,2-3,6-7,10H2,1H3,(H,21,22)/t11-,15-/m1/s1. The van der Waals surface area contributed by atoms with E-state index in [1.807, 2.05) is 0 Å². The van der Waals surface area contributed by atoms with Crippen LogP contribution in [0.4, 0.5) is 0 Å². The van der Waals surface area contributed by atoms with E-state index in [4.69, 9.17) is 0 Å². The highest BCUT2D eigenvalue weighted by atomic mass is 32.2. The minimum absolute atomic E-state index is 0.0217. The Hall–Kier alpha value is -1.93. The third kappa shape index (κ3) is 3.85. The smallest absolute Gasteiger partial charge is 0.308 e. The summed E-state index contributed by atoms with van der Waals surface area (Å²) in [5.41, 5.74) is 0.364. The predicted octanol–water partition coefficient (Wildman–Crippen LogP) is 1.45. The molecule has 0 aromatic heterocycles. The second-order valence-corrected chi connectivity index (χ2v) is 8.46. The molecule has 2 fully saturated rings. The van der Waals surface area contributed by atoms with E-state index in [1.54, 1.807) is 11.8 Å². The first kappa shape index (κ1) is 17.9. The molecule has 1 saturated heterocycles. The van der Waals surface area contributed by atoms with Gasteiger partial charge in [0.05, 0.1) is 10.8 Å². The molecule has 1 aromatic carbocycles. The Balaban J connectivity index is 1.75. The van der Waals surface area contributed by atoms with Gasteiger partial charge in [0.1, 0.15) is 0 Å². The molecule has 0 radical (unpaired) electrons. The van der Waals surface area contributed by atoms with Crippen molar-refractivity contribution in [3.63, 3.8) is 0 Å².